The van der Waals surface area contributed by atoms with Crippen molar-refractivity contribution >= 4 is 45.6 Å². The molecule has 0 saturated heterocycles. The second-order valence-electron chi connectivity index (χ2n) is 11.0. The Labute approximate surface area is 256 Å². The zero-order chi connectivity index (χ0) is 29.1. The minimum absolute atomic E-state index is 0.113. The standard InChI is InChI=1S/C36H25ClFN3OS/c37-26-15-12-22(13-16-26)20-40-21-25(28-9-3-4-11-31(28)40)19-32-35(42)41-34(24-7-5-8-27(38)18-24)30-17-14-23-6-1-2-10-29(23)33(30)39-36(41)43-32/h1-13,15-16,18-19,21,34H,14,17,20H2/t34-/m1/s1. The van der Waals surface area contributed by atoms with E-state index in [1.165, 1.54) is 23.0 Å². The summed E-state index contributed by atoms with van der Waals surface area (Å²) in [6, 6.07) is 30.6. The molecule has 0 amide bonds. The van der Waals surface area contributed by atoms with Gasteiger partial charge in [-0.1, -0.05) is 89.7 Å². The monoisotopic (exact) mass is 601 g/mol. The number of nitrogens with zero attached hydrogens (tertiary/aromatic N) is 3. The van der Waals surface area contributed by atoms with Crippen LogP contribution in [-0.4, -0.2) is 9.13 Å². The zero-order valence-electron chi connectivity index (χ0n) is 23.0. The maximum absolute atomic E-state index is 14.5. The van der Waals surface area contributed by atoms with Crippen molar-refractivity contribution in [3.63, 3.8) is 0 Å². The maximum Gasteiger partial charge on any atom is 0.271 e. The second-order valence-corrected chi connectivity index (χ2v) is 12.5. The predicted octanol–water partition coefficient (Wildman–Crippen LogP) is 7.11. The molecule has 0 unspecified atom stereocenters. The number of thiazole rings is 1. The van der Waals surface area contributed by atoms with Crippen molar-refractivity contribution in [2.75, 3.05) is 0 Å². The van der Waals surface area contributed by atoms with Gasteiger partial charge in [-0.2, -0.15) is 0 Å². The average molecular weight is 602 g/mol. The Kier molecular flexibility index (Phi) is 6.28. The lowest BCUT2D eigenvalue weighted by atomic mass is 9.83. The Balaban J connectivity index is 1.32. The number of benzene rings is 4. The lowest BCUT2D eigenvalue weighted by Gasteiger charge is -2.30. The lowest BCUT2D eigenvalue weighted by molar-refractivity contribution is 0.574. The van der Waals surface area contributed by atoms with Crippen LogP contribution in [0, 0.1) is 5.82 Å². The Morgan fingerprint density at radius 3 is 2.63 bits per heavy atom. The van der Waals surface area contributed by atoms with Crippen LogP contribution in [0.5, 0.6) is 0 Å². The molecule has 1 aliphatic heterocycles. The summed E-state index contributed by atoms with van der Waals surface area (Å²) in [5, 5.41) is 1.77. The van der Waals surface area contributed by atoms with Gasteiger partial charge in [-0.05, 0) is 71.5 Å². The third kappa shape index (κ3) is 4.49. The van der Waals surface area contributed by atoms with Crippen molar-refractivity contribution in [3.8, 4) is 0 Å². The van der Waals surface area contributed by atoms with Gasteiger partial charge in [0.2, 0.25) is 0 Å². The fourth-order valence-electron chi connectivity index (χ4n) is 6.45. The Hall–Kier alpha value is -4.52. The smallest absolute Gasteiger partial charge is 0.271 e. The molecule has 6 aromatic rings. The molecule has 0 N–H and O–H groups in total. The van der Waals surface area contributed by atoms with Gasteiger partial charge in [-0.3, -0.25) is 9.36 Å². The largest absolute Gasteiger partial charge is 0.342 e. The molecule has 2 aromatic heterocycles. The van der Waals surface area contributed by atoms with Gasteiger partial charge in [0, 0.05) is 39.8 Å². The van der Waals surface area contributed by atoms with Crippen LogP contribution < -0.4 is 14.9 Å². The molecule has 0 saturated carbocycles. The highest BCUT2D eigenvalue weighted by molar-refractivity contribution is 7.07. The number of allylic oxidation sites excluding steroid dienone is 1. The van der Waals surface area contributed by atoms with Crippen LogP contribution in [0.15, 0.2) is 119 Å². The predicted molar refractivity (Wildman–Crippen MR) is 172 cm³/mol. The van der Waals surface area contributed by atoms with E-state index in [2.05, 4.69) is 41.1 Å². The Bertz CT molecular complexity index is 2280. The van der Waals surface area contributed by atoms with Crippen LogP contribution in [0.3, 0.4) is 0 Å². The number of aromatic nitrogens is 2. The van der Waals surface area contributed by atoms with Gasteiger partial charge in [-0.15, -0.1) is 0 Å². The minimum atomic E-state index is -0.413. The zero-order valence-corrected chi connectivity index (χ0v) is 24.6. The Morgan fingerprint density at radius 2 is 1.77 bits per heavy atom. The number of fused-ring (bicyclic) bond motifs is 4. The molecule has 7 heteroatoms. The maximum atomic E-state index is 14.5. The van der Waals surface area contributed by atoms with Crippen LogP contribution in [0.1, 0.15) is 40.3 Å². The molecular weight excluding hydrogens is 577 g/mol. The van der Waals surface area contributed by atoms with Crippen LogP contribution >= 0.6 is 22.9 Å². The van der Waals surface area contributed by atoms with E-state index in [-0.39, 0.29) is 11.4 Å². The minimum Gasteiger partial charge on any atom is -0.342 e. The number of halogens is 2. The highest BCUT2D eigenvalue weighted by Gasteiger charge is 2.32. The van der Waals surface area contributed by atoms with Crippen LogP contribution in [0.25, 0.3) is 22.7 Å². The van der Waals surface area contributed by atoms with Crippen molar-refractivity contribution < 1.29 is 4.39 Å². The van der Waals surface area contributed by atoms with Gasteiger partial charge in [-0.25, -0.2) is 9.38 Å². The van der Waals surface area contributed by atoms with Gasteiger partial charge in [0.1, 0.15) is 5.82 Å². The lowest BCUT2D eigenvalue weighted by Crippen LogP contribution is -2.38. The van der Waals surface area contributed by atoms with E-state index in [0.717, 1.165) is 57.3 Å². The molecule has 1 aliphatic carbocycles. The summed E-state index contributed by atoms with van der Waals surface area (Å²) in [5.41, 5.74) is 8.13. The van der Waals surface area contributed by atoms with Crippen molar-refractivity contribution in [2.24, 2.45) is 4.99 Å². The van der Waals surface area contributed by atoms with Gasteiger partial charge in [0.15, 0.2) is 4.80 Å². The molecule has 0 bridgehead atoms. The topological polar surface area (TPSA) is 39.3 Å². The molecule has 0 fully saturated rings. The first kappa shape index (κ1) is 26.1. The highest BCUT2D eigenvalue weighted by atomic mass is 35.5. The quantitative estimate of drug-likeness (QED) is 0.212. The van der Waals surface area contributed by atoms with Gasteiger partial charge < -0.3 is 4.57 Å². The van der Waals surface area contributed by atoms with E-state index in [1.54, 1.807) is 16.7 Å². The normalized spacial score (nSPS) is 16.1. The fraction of sp³-hybridized carbons (Fsp3) is 0.111. The van der Waals surface area contributed by atoms with E-state index in [4.69, 9.17) is 16.6 Å². The number of rotatable bonds is 4. The molecule has 3 heterocycles. The molecule has 0 radical (unpaired) electrons. The molecule has 4 nitrogen and oxygen atoms in total. The first-order chi connectivity index (χ1) is 21.0. The SMILES string of the molecule is O=c1c(=Cc2cn(Cc3ccc(Cl)cc3)c3ccccc23)sc2n1[C@H](c1cccc(F)c1)C1=C(N=2)c2ccccc2CC1. The van der Waals surface area contributed by atoms with E-state index in [1.807, 2.05) is 54.6 Å². The van der Waals surface area contributed by atoms with Crippen molar-refractivity contribution in [2.45, 2.75) is 25.4 Å². The average Bonchev–Trinajstić information content (AvgIpc) is 3.53. The summed E-state index contributed by atoms with van der Waals surface area (Å²) in [6.07, 6.45) is 5.69. The molecule has 210 valence electrons. The molecule has 4 aromatic carbocycles. The molecule has 43 heavy (non-hydrogen) atoms. The summed E-state index contributed by atoms with van der Waals surface area (Å²) in [5.74, 6) is -0.316. The Morgan fingerprint density at radius 1 is 0.953 bits per heavy atom. The fourth-order valence-corrected chi connectivity index (χ4v) is 7.57. The summed E-state index contributed by atoms with van der Waals surface area (Å²) >= 11 is 7.50. The molecule has 1 atom stereocenters. The van der Waals surface area contributed by atoms with Gasteiger partial charge >= 0.3 is 0 Å². The summed E-state index contributed by atoms with van der Waals surface area (Å²) < 4.78 is 19.1. The second kappa shape index (κ2) is 10.3. The third-order valence-corrected chi connectivity index (χ3v) is 9.64. The number of hydrogen-bond donors (Lipinski definition) is 0. The van der Waals surface area contributed by atoms with Crippen molar-refractivity contribution in [1.29, 1.82) is 0 Å². The molecule has 8 rings (SSSR count). The van der Waals surface area contributed by atoms with E-state index in [9.17, 15) is 9.18 Å². The number of para-hydroxylation sites is 1. The first-order valence-corrected chi connectivity index (χ1v) is 15.4. The van der Waals surface area contributed by atoms with E-state index in [0.29, 0.717) is 20.9 Å². The molecule has 0 spiro atoms. The first-order valence-electron chi connectivity index (χ1n) is 14.2. The summed E-state index contributed by atoms with van der Waals surface area (Å²) in [7, 11) is 0. The van der Waals surface area contributed by atoms with E-state index >= 15 is 0 Å². The molecule has 2 aliphatic rings. The van der Waals surface area contributed by atoms with Crippen molar-refractivity contribution in [3.05, 3.63) is 167 Å². The molecular formula is C36H25ClFN3OS. The number of aryl methyl sites for hydroxylation is 1. The summed E-state index contributed by atoms with van der Waals surface area (Å²) in [6.45, 7) is 0.679. The van der Waals surface area contributed by atoms with Crippen LogP contribution in [0.4, 0.5) is 4.39 Å². The van der Waals surface area contributed by atoms with E-state index < -0.39 is 6.04 Å². The van der Waals surface area contributed by atoms with Crippen molar-refractivity contribution in [1.82, 2.24) is 9.13 Å². The van der Waals surface area contributed by atoms with Crippen LogP contribution in [0.2, 0.25) is 5.02 Å². The van der Waals surface area contributed by atoms with Crippen LogP contribution in [-0.2, 0) is 13.0 Å². The van der Waals surface area contributed by atoms with Gasteiger partial charge in [0.05, 0.1) is 16.3 Å². The highest BCUT2D eigenvalue weighted by Crippen LogP contribution is 2.41. The van der Waals surface area contributed by atoms with Gasteiger partial charge in [0.25, 0.3) is 5.56 Å². The number of hydrogen-bond acceptors (Lipinski definition) is 3. The third-order valence-electron chi connectivity index (χ3n) is 8.41. The summed E-state index contributed by atoms with van der Waals surface area (Å²) in [4.78, 5) is 19.9.